The van der Waals surface area contributed by atoms with E-state index < -0.39 is 0 Å². The third-order valence-corrected chi connectivity index (χ3v) is 4.61. The Balaban J connectivity index is 1.86. The number of aliphatic hydroxyl groups excluding tert-OH is 1. The molecule has 0 radical (unpaired) electrons. The minimum atomic E-state index is 0.0215. The Hall–Kier alpha value is -0.510. The molecule has 1 N–H and O–H groups in total. The zero-order valence-electron chi connectivity index (χ0n) is 9.56. The van der Waals surface area contributed by atoms with Crippen molar-refractivity contribution in [1.29, 1.82) is 0 Å². The molecular formula is C13H18O2S. The second-order valence-corrected chi connectivity index (χ2v) is 5.84. The summed E-state index contributed by atoms with van der Waals surface area (Å²) in [6, 6.07) is 10.5. The summed E-state index contributed by atoms with van der Waals surface area (Å²) in [6.45, 7) is 3.86. The number of benzene rings is 1. The average Bonchev–Trinajstić information content (AvgIpc) is 2.29. The number of thioether (sulfide) groups is 1. The fraction of sp³-hybridized carbons (Fsp3) is 0.538. The Labute approximate surface area is 101 Å². The van der Waals surface area contributed by atoms with Crippen molar-refractivity contribution in [3.8, 4) is 0 Å². The number of aliphatic hydroxyl groups is 1. The largest absolute Gasteiger partial charge is 0.396 e. The van der Waals surface area contributed by atoms with Gasteiger partial charge in [-0.15, -0.1) is 0 Å². The molecule has 1 atom stereocenters. The highest BCUT2D eigenvalue weighted by atomic mass is 32.2. The van der Waals surface area contributed by atoms with Crippen molar-refractivity contribution in [2.75, 3.05) is 25.6 Å². The Bertz CT molecular complexity index is 316. The normalized spacial score (nSPS) is 20.1. The third kappa shape index (κ3) is 2.59. The van der Waals surface area contributed by atoms with E-state index in [-0.39, 0.29) is 12.0 Å². The maximum Gasteiger partial charge on any atom is 0.0575 e. The van der Waals surface area contributed by atoms with Crippen LogP contribution in [0.2, 0.25) is 0 Å². The summed E-state index contributed by atoms with van der Waals surface area (Å²) < 4.78 is 5.19. The zero-order valence-corrected chi connectivity index (χ0v) is 10.4. The van der Waals surface area contributed by atoms with Crippen LogP contribution >= 0.6 is 11.8 Å². The SMILES string of the molecule is CC(SCC1(CO)COC1)c1ccccc1. The van der Waals surface area contributed by atoms with Crippen molar-refractivity contribution in [2.45, 2.75) is 12.2 Å². The van der Waals surface area contributed by atoms with Gasteiger partial charge < -0.3 is 9.84 Å². The van der Waals surface area contributed by atoms with E-state index in [1.165, 1.54) is 5.56 Å². The fourth-order valence-electron chi connectivity index (χ4n) is 1.73. The van der Waals surface area contributed by atoms with Gasteiger partial charge in [0.05, 0.1) is 19.8 Å². The smallest absolute Gasteiger partial charge is 0.0575 e. The van der Waals surface area contributed by atoms with Crippen LogP contribution in [-0.2, 0) is 4.74 Å². The molecule has 0 aromatic heterocycles. The standard InChI is InChI=1S/C13H18O2S/c1-11(12-5-3-2-4-6-12)16-10-13(7-14)8-15-9-13/h2-6,11,14H,7-10H2,1H3. The Morgan fingerprint density at radius 2 is 2.06 bits per heavy atom. The quantitative estimate of drug-likeness (QED) is 0.854. The molecule has 0 amide bonds. The molecule has 2 nitrogen and oxygen atoms in total. The van der Waals surface area contributed by atoms with Gasteiger partial charge in [0.25, 0.3) is 0 Å². The second-order valence-electron chi connectivity index (χ2n) is 4.51. The van der Waals surface area contributed by atoms with Crippen molar-refractivity contribution in [3.63, 3.8) is 0 Å². The van der Waals surface area contributed by atoms with Crippen molar-refractivity contribution < 1.29 is 9.84 Å². The van der Waals surface area contributed by atoms with E-state index in [0.717, 1.165) is 5.75 Å². The van der Waals surface area contributed by atoms with Gasteiger partial charge >= 0.3 is 0 Å². The lowest BCUT2D eigenvalue weighted by Crippen LogP contribution is -2.47. The predicted octanol–water partition coefficient (Wildman–Crippen LogP) is 2.49. The van der Waals surface area contributed by atoms with Crippen LogP contribution in [0.1, 0.15) is 17.7 Å². The van der Waals surface area contributed by atoms with E-state index in [1.54, 1.807) is 0 Å². The van der Waals surface area contributed by atoms with Crippen LogP contribution in [0, 0.1) is 5.41 Å². The summed E-state index contributed by atoms with van der Waals surface area (Å²) >= 11 is 1.90. The van der Waals surface area contributed by atoms with Gasteiger partial charge in [-0.3, -0.25) is 0 Å². The first-order valence-corrected chi connectivity index (χ1v) is 6.66. The molecule has 1 aromatic rings. The molecule has 1 saturated heterocycles. The van der Waals surface area contributed by atoms with E-state index in [2.05, 4.69) is 31.2 Å². The summed E-state index contributed by atoms with van der Waals surface area (Å²) in [7, 11) is 0. The lowest BCUT2D eigenvalue weighted by Gasteiger charge is -2.40. The van der Waals surface area contributed by atoms with E-state index in [4.69, 9.17) is 4.74 Å². The number of hydrogen-bond donors (Lipinski definition) is 1. The maximum atomic E-state index is 9.33. The molecule has 1 aromatic carbocycles. The van der Waals surface area contributed by atoms with Gasteiger partial charge in [-0.05, 0) is 12.5 Å². The number of hydrogen-bond acceptors (Lipinski definition) is 3. The Kier molecular flexibility index (Phi) is 3.90. The van der Waals surface area contributed by atoms with Gasteiger partial charge in [-0.25, -0.2) is 0 Å². The first-order chi connectivity index (χ1) is 7.76. The molecule has 1 aliphatic rings. The third-order valence-electron chi connectivity index (χ3n) is 3.06. The molecule has 0 bridgehead atoms. The van der Waals surface area contributed by atoms with Gasteiger partial charge in [-0.1, -0.05) is 30.3 Å². The number of ether oxygens (including phenoxy) is 1. The van der Waals surface area contributed by atoms with Crippen LogP contribution in [-0.4, -0.2) is 30.7 Å². The van der Waals surface area contributed by atoms with Crippen LogP contribution in [0.3, 0.4) is 0 Å². The summed E-state index contributed by atoms with van der Waals surface area (Å²) in [6.07, 6.45) is 0. The highest BCUT2D eigenvalue weighted by Crippen LogP contribution is 2.37. The van der Waals surface area contributed by atoms with E-state index in [0.29, 0.717) is 18.5 Å². The summed E-state index contributed by atoms with van der Waals surface area (Å²) in [5, 5.41) is 9.80. The molecular weight excluding hydrogens is 220 g/mol. The highest BCUT2D eigenvalue weighted by molar-refractivity contribution is 7.99. The van der Waals surface area contributed by atoms with Gasteiger partial charge in [0.1, 0.15) is 0 Å². The monoisotopic (exact) mass is 238 g/mol. The van der Waals surface area contributed by atoms with Crippen LogP contribution in [0.25, 0.3) is 0 Å². The van der Waals surface area contributed by atoms with Crippen LogP contribution < -0.4 is 0 Å². The minimum Gasteiger partial charge on any atom is -0.396 e. The van der Waals surface area contributed by atoms with Gasteiger partial charge in [0.15, 0.2) is 0 Å². The van der Waals surface area contributed by atoms with Crippen molar-refractivity contribution in [1.82, 2.24) is 0 Å². The van der Waals surface area contributed by atoms with Gasteiger partial charge in [-0.2, -0.15) is 11.8 Å². The summed E-state index contributed by atoms with van der Waals surface area (Å²) in [5.74, 6) is 0.972. The Morgan fingerprint density at radius 1 is 1.38 bits per heavy atom. The van der Waals surface area contributed by atoms with E-state index in [1.807, 2.05) is 17.8 Å². The Morgan fingerprint density at radius 3 is 2.56 bits per heavy atom. The summed E-state index contributed by atoms with van der Waals surface area (Å²) in [5.41, 5.74) is 1.37. The average molecular weight is 238 g/mol. The molecule has 16 heavy (non-hydrogen) atoms. The van der Waals surface area contributed by atoms with Crippen LogP contribution in [0.15, 0.2) is 30.3 Å². The predicted molar refractivity (Wildman–Crippen MR) is 67.7 cm³/mol. The molecule has 0 aliphatic carbocycles. The first-order valence-electron chi connectivity index (χ1n) is 5.61. The summed E-state index contributed by atoms with van der Waals surface area (Å²) in [4.78, 5) is 0. The van der Waals surface area contributed by atoms with Crippen molar-refractivity contribution in [3.05, 3.63) is 35.9 Å². The lowest BCUT2D eigenvalue weighted by atomic mass is 9.90. The maximum absolute atomic E-state index is 9.33. The first kappa shape index (κ1) is 12.0. The molecule has 1 fully saturated rings. The number of rotatable bonds is 5. The van der Waals surface area contributed by atoms with E-state index in [9.17, 15) is 5.11 Å². The highest BCUT2D eigenvalue weighted by Gasteiger charge is 2.38. The fourth-order valence-corrected chi connectivity index (χ4v) is 2.94. The molecule has 88 valence electrons. The molecule has 3 heteroatoms. The van der Waals surface area contributed by atoms with Crippen LogP contribution in [0.4, 0.5) is 0 Å². The van der Waals surface area contributed by atoms with Crippen molar-refractivity contribution in [2.24, 2.45) is 5.41 Å². The molecule has 0 spiro atoms. The van der Waals surface area contributed by atoms with Gasteiger partial charge in [0, 0.05) is 16.4 Å². The topological polar surface area (TPSA) is 29.5 Å². The molecule has 1 heterocycles. The molecule has 2 rings (SSSR count). The zero-order chi connectivity index (χ0) is 11.4. The molecule has 1 aliphatic heterocycles. The lowest BCUT2D eigenvalue weighted by molar-refractivity contribution is -0.121. The van der Waals surface area contributed by atoms with Crippen molar-refractivity contribution >= 4 is 11.8 Å². The minimum absolute atomic E-state index is 0.0215. The van der Waals surface area contributed by atoms with Crippen LogP contribution in [0.5, 0.6) is 0 Å². The van der Waals surface area contributed by atoms with E-state index >= 15 is 0 Å². The second kappa shape index (κ2) is 5.21. The van der Waals surface area contributed by atoms with Gasteiger partial charge in [0.2, 0.25) is 0 Å². The molecule has 1 unspecified atom stereocenters. The molecule has 0 saturated carbocycles.